The van der Waals surface area contributed by atoms with Crippen LogP contribution in [0.2, 0.25) is 0 Å². The number of nitrogens with one attached hydrogen (secondary N) is 2. The van der Waals surface area contributed by atoms with Crippen molar-refractivity contribution in [2.45, 2.75) is 0 Å². The van der Waals surface area contributed by atoms with E-state index in [1.807, 2.05) is 18.2 Å². The molecule has 2 aromatic carbocycles. The third-order valence-corrected chi connectivity index (χ3v) is 6.51. The molecular weight excluding hydrogens is 380 g/mol. The maximum atomic E-state index is 12.4. The zero-order chi connectivity index (χ0) is 18.8. The van der Waals surface area contributed by atoms with Crippen LogP contribution in [0.15, 0.2) is 54.6 Å². The first-order valence-electron chi connectivity index (χ1n) is 8.38. The van der Waals surface area contributed by atoms with E-state index in [1.165, 1.54) is 33.6 Å². The number of carbonyl (C=O) groups excluding carboxylic acids is 2. The van der Waals surface area contributed by atoms with E-state index in [0.717, 1.165) is 9.40 Å². The number of benzene rings is 2. The van der Waals surface area contributed by atoms with E-state index >= 15 is 0 Å². The molecule has 0 spiro atoms. The van der Waals surface area contributed by atoms with Gasteiger partial charge in [0.2, 0.25) is 0 Å². The highest BCUT2D eigenvalue weighted by Gasteiger charge is 2.14. The van der Waals surface area contributed by atoms with E-state index < -0.39 is 0 Å². The van der Waals surface area contributed by atoms with Gasteiger partial charge in [-0.25, -0.2) is 0 Å². The van der Waals surface area contributed by atoms with Gasteiger partial charge in [-0.3, -0.25) is 9.59 Å². The van der Waals surface area contributed by atoms with Crippen molar-refractivity contribution in [2.24, 2.45) is 0 Å². The van der Waals surface area contributed by atoms with Crippen molar-refractivity contribution in [3.63, 3.8) is 0 Å². The summed E-state index contributed by atoms with van der Waals surface area (Å²) in [6, 6.07) is 16.1. The van der Waals surface area contributed by atoms with E-state index in [-0.39, 0.29) is 17.6 Å². The third-order valence-electron chi connectivity index (χ3n) is 4.10. The Morgan fingerprint density at radius 3 is 2.33 bits per heavy atom. The summed E-state index contributed by atoms with van der Waals surface area (Å²) < 4.78 is 3.48. The van der Waals surface area contributed by atoms with Crippen molar-refractivity contribution >= 4 is 54.0 Å². The summed E-state index contributed by atoms with van der Waals surface area (Å²) in [6.07, 6.45) is 0. The maximum absolute atomic E-state index is 12.4. The van der Waals surface area contributed by atoms with Gasteiger partial charge in [0, 0.05) is 33.4 Å². The Kier molecular flexibility index (Phi) is 4.79. The quantitative estimate of drug-likeness (QED) is 0.447. The second kappa shape index (κ2) is 7.38. The summed E-state index contributed by atoms with van der Waals surface area (Å²) in [6.45, 7) is 0.670. The minimum Gasteiger partial charge on any atom is -0.508 e. The van der Waals surface area contributed by atoms with Crippen molar-refractivity contribution in [3.8, 4) is 5.75 Å². The molecule has 2 heterocycles. The lowest BCUT2D eigenvalue weighted by molar-refractivity contribution is 0.0929. The second-order valence-electron chi connectivity index (χ2n) is 5.96. The van der Waals surface area contributed by atoms with Crippen LogP contribution in [0.4, 0.5) is 0 Å². The van der Waals surface area contributed by atoms with E-state index in [0.29, 0.717) is 23.5 Å². The number of amides is 2. The highest BCUT2D eigenvalue weighted by atomic mass is 32.1. The molecule has 0 aliphatic carbocycles. The number of fused-ring (bicyclic) bond motifs is 3. The fourth-order valence-electron chi connectivity index (χ4n) is 2.77. The first kappa shape index (κ1) is 17.5. The van der Waals surface area contributed by atoms with Crippen molar-refractivity contribution in [1.82, 2.24) is 10.6 Å². The Balaban J connectivity index is 1.33. The minimum atomic E-state index is -0.243. The van der Waals surface area contributed by atoms with Crippen LogP contribution in [-0.2, 0) is 0 Å². The molecule has 0 unspecified atom stereocenters. The molecule has 4 aromatic rings. The lowest BCUT2D eigenvalue weighted by atomic mass is 10.2. The first-order valence-corrected chi connectivity index (χ1v) is 10.0. The molecule has 2 amide bonds. The van der Waals surface area contributed by atoms with Crippen LogP contribution < -0.4 is 10.6 Å². The number of carbonyl (C=O) groups is 2. The Hall–Kier alpha value is -2.90. The molecule has 3 N–H and O–H groups in total. The lowest BCUT2D eigenvalue weighted by Crippen LogP contribution is -2.34. The van der Waals surface area contributed by atoms with Gasteiger partial charge in [-0.15, -0.1) is 22.7 Å². The van der Waals surface area contributed by atoms with Gasteiger partial charge in [-0.05, 0) is 36.4 Å². The average Bonchev–Trinajstić information content (AvgIpc) is 3.23. The van der Waals surface area contributed by atoms with E-state index in [1.54, 1.807) is 23.5 Å². The van der Waals surface area contributed by atoms with Gasteiger partial charge in [0.15, 0.2) is 0 Å². The molecule has 2 aromatic heterocycles. The molecule has 136 valence electrons. The standard InChI is InChI=1S/C20H16N2O3S2/c23-13-7-5-12(6-8-13)19(24)21-9-10-22-20(25)17-11-16-18(27-17)14-3-1-2-4-15(14)26-16/h1-8,11,23H,9-10H2,(H,21,24)(H,22,25). The Bertz CT molecular complexity index is 1130. The van der Waals surface area contributed by atoms with Gasteiger partial charge < -0.3 is 15.7 Å². The molecule has 5 nitrogen and oxygen atoms in total. The topological polar surface area (TPSA) is 78.4 Å². The normalized spacial score (nSPS) is 11.0. The zero-order valence-corrected chi connectivity index (χ0v) is 15.8. The number of thiophene rings is 2. The Morgan fingerprint density at radius 2 is 1.56 bits per heavy atom. The molecule has 0 fully saturated rings. The maximum Gasteiger partial charge on any atom is 0.261 e. The van der Waals surface area contributed by atoms with Crippen molar-refractivity contribution < 1.29 is 14.7 Å². The van der Waals surface area contributed by atoms with Crippen molar-refractivity contribution in [1.29, 1.82) is 0 Å². The smallest absolute Gasteiger partial charge is 0.261 e. The summed E-state index contributed by atoms with van der Waals surface area (Å²) in [7, 11) is 0. The molecule has 0 aliphatic heterocycles. The van der Waals surface area contributed by atoms with Crippen LogP contribution in [0.3, 0.4) is 0 Å². The van der Waals surface area contributed by atoms with Gasteiger partial charge >= 0.3 is 0 Å². The van der Waals surface area contributed by atoms with Crippen LogP contribution in [0.25, 0.3) is 19.5 Å². The summed E-state index contributed by atoms with van der Waals surface area (Å²) in [4.78, 5) is 25.0. The zero-order valence-electron chi connectivity index (χ0n) is 14.2. The van der Waals surface area contributed by atoms with Crippen LogP contribution >= 0.6 is 22.7 Å². The fraction of sp³-hybridized carbons (Fsp3) is 0.100. The van der Waals surface area contributed by atoms with Gasteiger partial charge in [0.1, 0.15) is 5.75 Å². The largest absolute Gasteiger partial charge is 0.508 e. The monoisotopic (exact) mass is 396 g/mol. The number of phenolic OH excluding ortho intramolecular Hbond substituents is 1. The van der Waals surface area contributed by atoms with E-state index in [9.17, 15) is 14.7 Å². The predicted molar refractivity (Wildman–Crippen MR) is 110 cm³/mol. The fourth-order valence-corrected chi connectivity index (χ4v) is 5.21. The number of hydrogen-bond acceptors (Lipinski definition) is 5. The highest BCUT2D eigenvalue weighted by Crippen LogP contribution is 2.39. The highest BCUT2D eigenvalue weighted by molar-refractivity contribution is 7.33. The molecular formula is C20H16N2O3S2. The van der Waals surface area contributed by atoms with Gasteiger partial charge in [-0.2, -0.15) is 0 Å². The Morgan fingerprint density at radius 1 is 0.852 bits per heavy atom. The summed E-state index contributed by atoms with van der Waals surface area (Å²) in [5, 5.41) is 16.0. The summed E-state index contributed by atoms with van der Waals surface area (Å²) in [5.74, 6) is -0.263. The Labute approximate surface area is 163 Å². The van der Waals surface area contributed by atoms with Crippen LogP contribution in [-0.4, -0.2) is 30.0 Å². The predicted octanol–water partition coefficient (Wildman–Crippen LogP) is 3.98. The van der Waals surface area contributed by atoms with Crippen molar-refractivity contribution in [2.75, 3.05) is 13.1 Å². The number of phenols is 1. The van der Waals surface area contributed by atoms with Crippen LogP contribution in [0.5, 0.6) is 5.75 Å². The van der Waals surface area contributed by atoms with Gasteiger partial charge in [0.25, 0.3) is 11.8 Å². The molecule has 7 heteroatoms. The molecule has 27 heavy (non-hydrogen) atoms. The summed E-state index contributed by atoms with van der Waals surface area (Å²) >= 11 is 3.18. The molecule has 0 aliphatic rings. The van der Waals surface area contributed by atoms with Crippen LogP contribution in [0.1, 0.15) is 20.0 Å². The molecule has 0 saturated heterocycles. The average molecular weight is 396 g/mol. The molecule has 0 radical (unpaired) electrons. The summed E-state index contributed by atoms with van der Waals surface area (Å²) in [5.41, 5.74) is 0.462. The second-order valence-corrected chi connectivity index (χ2v) is 8.10. The third kappa shape index (κ3) is 3.65. The molecule has 0 atom stereocenters. The number of rotatable bonds is 5. The minimum absolute atomic E-state index is 0.113. The van der Waals surface area contributed by atoms with Gasteiger partial charge in [0.05, 0.1) is 9.58 Å². The first-order chi connectivity index (χ1) is 13.1. The van der Waals surface area contributed by atoms with Crippen LogP contribution in [0, 0.1) is 0 Å². The van der Waals surface area contributed by atoms with Crippen molar-refractivity contribution in [3.05, 3.63) is 65.0 Å². The SMILES string of the molecule is O=C(NCCNC(=O)c1cc2sc3ccccc3c2s1)c1ccc(O)cc1. The molecule has 4 rings (SSSR count). The number of hydrogen-bond donors (Lipinski definition) is 3. The van der Waals surface area contributed by atoms with E-state index in [2.05, 4.69) is 22.8 Å². The molecule has 0 bridgehead atoms. The molecule has 0 saturated carbocycles. The lowest BCUT2D eigenvalue weighted by Gasteiger charge is -2.06. The number of aromatic hydroxyl groups is 1. The van der Waals surface area contributed by atoms with Gasteiger partial charge in [-0.1, -0.05) is 18.2 Å². The van der Waals surface area contributed by atoms with E-state index in [4.69, 9.17) is 0 Å².